The zero-order chi connectivity index (χ0) is 15.9. The fourth-order valence-electron chi connectivity index (χ4n) is 2.58. The van der Waals surface area contributed by atoms with Crippen molar-refractivity contribution in [1.29, 1.82) is 0 Å². The molecule has 1 saturated heterocycles. The van der Waals surface area contributed by atoms with Crippen LogP contribution in [0.1, 0.15) is 23.8 Å². The maximum absolute atomic E-state index is 12.5. The molecule has 1 fully saturated rings. The minimum Gasteiger partial charge on any atom is -0.451 e. The first-order chi connectivity index (χ1) is 10.5. The highest BCUT2D eigenvalue weighted by Gasteiger charge is 2.42. The van der Waals surface area contributed by atoms with Gasteiger partial charge in [0.1, 0.15) is 6.17 Å². The van der Waals surface area contributed by atoms with Crippen molar-refractivity contribution in [2.24, 2.45) is 0 Å². The summed E-state index contributed by atoms with van der Waals surface area (Å²) in [5, 5.41) is 9.87. The summed E-state index contributed by atoms with van der Waals surface area (Å²) in [6.07, 6.45) is 0.633. The number of ether oxygens (including phenoxy) is 2. The van der Waals surface area contributed by atoms with Gasteiger partial charge in [0, 0.05) is 25.7 Å². The number of aliphatic hydroxyl groups is 1. The molecular formula is C13H15N3O6. The molecular weight excluding hydrogens is 294 g/mol. The third-order valence-electron chi connectivity index (χ3n) is 3.62. The standard InChI is InChI=1S/C13H15N3O6/c1-7(17)21-6-22-11-8(18)3-5-16-10(11)13(20)15-4-2-9(19)12(15)14-16/h3,5,9,12,14,19H,2,4,6H2,1H3. The van der Waals surface area contributed by atoms with Crippen LogP contribution in [0.25, 0.3) is 0 Å². The van der Waals surface area contributed by atoms with Gasteiger partial charge < -0.3 is 24.9 Å². The van der Waals surface area contributed by atoms with E-state index in [1.165, 1.54) is 28.8 Å². The lowest BCUT2D eigenvalue weighted by molar-refractivity contribution is -0.147. The Hall–Kier alpha value is -2.55. The predicted octanol–water partition coefficient (Wildman–Crippen LogP) is -1.16. The maximum atomic E-state index is 12.5. The number of fused-ring (bicyclic) bond motifs is 2. The Morgan fingerprint density at radius 3 is 3.00 bits per heavy atom. The van der Waals surface area contributed by atoms with Crippen LogP contribution >= 0.6 is 0 Å². The molecule has 2 unspecified atom stereocenters. The van der Waals surface area contributed by atoms with Gasteiger partial charge in [-0.1, -0.05) is 0 Å². The van der Waals surface area contributed by atoms with Gasteiger partial charge in [-0.05, 0) is 6.42 Å². The summed E-state index contributed by atoms with van der Waals surface area (Å²) in [5.74, 6) is -1.17. The van der Waals surface area contributed by atoms with Crippen molar-refractivity contribution >= 4 is 11.9 Å². The molecule has 22 heavy (non-hydrogen) atoms. The lowest BCUT2D eigenvalue weighted by Crippen LogP contribution is -2.54. The smallest absolute Gasteiger partial charge is 0.305 e. The van der Waals surface area contributed by atoms with E-state index in [1.54, 1.807) is 0 Å². The Bertz CT molecular complexity index is 685. The van der Waals surface area contributed by atoms with Crippen LogP contribution in [-0.2, 0) is 9.53 Å². The fraction of sp³-hybridized carbons (Fsp3) is 0.462. The third kappa shape index (κ3) is 2.29. The highest BCUT2D eigenvalue weighted by molar-refractivity contribution is 5.96. The Kier molecular flexibility index (Phi) is 3.49. The zero-order valence-corrected chi connectivity index (χ0v) is 11.8. The molecule has 9 heteroatoms. The number of nitrogens with zero attached hydrogens (tertiary/aromatic N) is 2. The summed E-state index contributed by atoms with van der Waals surface area (Å²) in [5.41, 5.74) is 2.48. The Labute approximate surface area is 125 Å². The average Bonchev–Trinajstić information content (AvgIpc) is 2.83. The first-order valence-corrected chi connectivity index (χ1v) is 6.76. The minimum absolute atomic E-state index is 0.0185. The molecule has 9 nitrogen and oxygen atoms in total. The Morgan fingerprint density at radius 2 is 2.27 bits per heavy atom. The molecule has 2 atom stereocenters. The van der Waals surface area contributed by atoms with Crippen molar-refractivity contribution in [3.8, 4) is 5.75 Å². The largest absolute Gasteiger partial charge is 0.451 e. The van der Waals surface area contributed by atoms with E-state index >= 15 is 0 Å². The van der Waals surface area contributed by atoms with E-state index in [-0.39, 0.29) is 11.4 Å². The lowest BCUT2D eigenvalue weighted by atomic mass is 10.2. The van der Waals surface area contributed by atoms with E-state index in [1.807, 2.05) is 0 Å². The molecule has 2 aliphatic heterocycles. The van der Waals surface area contributed by atoms with Crippen LogP contribution in [0.5, 0.6) is 5.75 Å². The van der Waals surface area contributed by atoms with E-state index < -0.39 is 36.4 Å². The van der Waals surface area contributed by atoms with E-state index in [9.17, 15) is 19.5 Å². The molecule has 0 saturated carbocycles. The zero-order valence-electron chi connectivity index (χ0n) is 11.8. The van der Waals surface area contributed by atoms with Gasteiger partial charge in [-0.3, -0.25) is 19.1 Å². The van der Waals surface area contributed by atoms with Gasteiger partial charge in [0.15, 0.2) is 5.69 Å². The third-order valence-corrected chi connectivity index (χ3v) is 3.62. The molecule has 118 valence electrons. The summed E-state index contributed by atoms with van der Waals surface area (Å²) in [4.78, 5) is 36.7. The minimum atomic E-state index is -0.679. The van der Waals surface area contributed by atoms with Crippen LogP contribution in [0.2, 0.25) is 0 Å². The summed E-state index contributed by atoms with van der Waals surface area (Å²) >= 11 is 0. The van der Waals surface area contributed by atoms with E-state index in [0.717, 1.165) is 0 Å². The summed E-state index contributed by atoms with van der Waals surface area (Å²) in [6.45, 7) is 1.13. The number of carbonyl (C=O) groups excluding carboxylic acids is 2. The summed E-state index contributed by atoms with van der Waals surface area (Å²) in [6, 6.07) is 1.23. The maximum Gasteiger partial charge on any atom is 0.305 e. The second-order valence-electron chi connectivity index (χ2n) is 5.05. The first kappa shape index (κ1) is 14.4. The van der Waals surface area contributed by atoms with Crippen molar-refractivity contribution in [2.45, 2.75) is 25.6 Å². The van der Waals surface area contributed by atoms with Crippen LogP contribution in [0.4, 0.5) is 0 Å². The second-order valence-corrected chi connectivity index (χ2v) is 5.05. The monoisotopic (exact) mass is 309 g/mol. The number of carbonyl (C=O) groups is 2. The molecule has 0 aliphatic carbocycles. The van der Waals surface area contributed by atoms with Gasteiger partial charge in [0.2, 0.25) is 18.0 Å². The Morgan fingerprint density at radius 1 is 1.50 bits per heavy atom. The molecule has 1 aromatic heterocycles. The fourth-order valence-corrected chi connectivity index (χ4v) is 2.58. The van der Waals surface area contributed by atoms with Crippen molar-refractivity contribution in [3.05, 3.63) is 28.2 Å². The molecule has 3 heterocycles. The quantitative estimate of drug-likeness (QED) is 0.535. The molecule has 3 rings (SSSR count). The normalized spacial score (nSPS) is 22.6. The number of rotatable bonds is 3. The molecule has 0 aromatic carbocycles. The number of hydrogen-bond acceptors (Lipinski definition) is 7. The molecule has 2 aliphatic rings. The number of aromatic nitrogens is 1. The van der Waals surface area contributed by atoms with Crippen molar-refractivity contribution in [3.63, 3.8) is 0 Å². The average molecular weight is 309 g/mol. The highest BCUT2D eigenvalue weighted by Crippen LogP contribution is 2.26. The van der Waals surface area contributed by atoms with Crippen molar-refractivity contribution in [2.75, 3.05) is 18.8 Å². The Balaban J connectivity index is 1.95. The number of nitrogens with one attached hydrogen (secondary N) is 1. The molecule has 1 amide bonds. The van der Waals surface area contributed by atoms with Crippen LogP contribution in [-0.4, -0.2) is 52.2 Å². The number of esters is 1. The van der Waals surface area contributed by atoms with Crippen molar-refractivity contribution < 1.29 is 24.2 Å². The van der Waals surface area contributed by atoms with Crippen LogP contribution in [0, 0.1) is 0 Å². The van der Waals surface area contributed by atoms with Gasteiger partial charge in [-0.2, -0.15) is 0 Å². The lowest BCUT2D eigenvalue weighted by Gasteiger charge is -2.35. The molecule has 0 spiro atoms. The highest BCUT2D eigenvalue weighted by atomic mass is 16.7. The molecule has 1 aromatic rings. The summed E-state index contributed by atoms with van der Waals surface area (Å²) in [7, 11) is 0. The van der Waals surface area contributed by atoms with Crippen LogP contribution in [0.15, 0.2) is 17.1 Å². The summed E-state index contributed by atoms with van der Waals surface area (Å²) < 4.78 is 11.2. The number of amides is 1. The second kappa shape index (κ2) is 5.34. The SMILES string of the molecule is CC(=O)OCOc1c2n(ccc1=O)NC1C(O)CCN1C2=O. The van der Waals surface area contributed by atoms with Gasteiger partial charge in [0.25, 0.3) is 5.91 Å². The van der Waals surface area contributed by atoms with Gasteiger partial charge in [-0.25, -0.2) is 0 Å². The van der Waals surface area contributed by atoms with Gasteiger partial charge in [-0.15, -0.1) is 0 Å². The predicted molar refractivity (Wildman–Crippen MR) is 72.8 cm³/mol. The van der Waals surface area contributed by atoms with Crippen LogP contribution in [0.3, 0.4) is 0 Å². The van der Waals surface area contributed by atoms with Gasteiger partial charge in [0.05, 0.1) is 6.10 Å². The van der Waals surface area contributed by atoms with Crippen molar-refractivity contribution in [1.82, 2.24) is 9.58 Å². The number of pyridine rings is 1. The first-order valence-electron chi connectivity index (χ1n) is 6.76. The number of aliphatic hydroxyl groups excluding tert-OH is 1. The number of hydrogen-bond donors (Lipinski definition) is 2. The molecule has 0 bridgehead atoms. The van der Waals surface area contributed by atoms with E-state index in [0.29, 0.717) is 13.0 Å². The topological polar surface area (TPSA) is 110 Å². The van der Waals surface area contributed by atoms with Crippen LogP contribution < -0.4 is 15.6 Å². The van der Waals surface area contributed by atoms with Gasteiger partial charge >= 0.3 is 5.97 Å². The molecule has 0 radical (unpaired) electrons. The molecule has 2 N–H and O–H groups in total. The van der Waals surface area contributed by atoms with E-state index in [4.69, 9.17) is 4.74 Å². The van der Waals surface area contributed by atoms with E-state index in [2.05, 4.69) is 10.2 Å².